The van der Waals surface area contributed by atoms with Crippen LogP contribution in [0.1, 0.15) is 66.3 Å². The first kappa shape index (κ1) is 22.8. The zero-order valence-corrected chi connectivity index (χ0v) is 18.1. The number of allylic oxidation sites excluding steroid dienone is 2. The average molecular weight is 450 g/mol. The van der Waals surface area contributed by atoms with Crippen LogP contribution in [0.25, 0.3) is 0 Å². The molecule has 0 aliphatic heterocycles. The Morgan fingerprint density at radius 2 is 1.59 bits per heavy atom. The highest BCUT2D eigenvalue weighted by Crippen LogP contribution is 2.40. The Bertz CT molecular complexity index is 985. The lowest BCUT2D eigenvalue weighted by molar-refractivity contribution is -0.276. The monoisotopic (exact) mass is 450 g/mol. The molecule has 0 amide bonds. The summed E-state index contributed by atoms with van der Waals surface area (Å²) in [5.74, 6) is -3.47. The lowest BCUT2D eigenvalue weighted by Crippen LogP contribution is -2.21. The molecule has 2 aromatic carbocycles. The zero-order valence-electron chi connectivity index (χ0n) is 18.1. The second-order valence-corrected chi connectivity index (χ2v) is 8.90. The van der Waals surface area contributed by atoms with Crippen LogP contribution >= 0.6 is 0 Å². The van der Waals surface area contributed by atoms with E-state index in [1.54, 1.807) is 0 Å². The molecule has 6 heteroatoms. The highest BCUT2D eigenvalue weighted by Gasteiger charge is 2.35. The van der Waals surface area contributed by atoms with Crippen molar-refractivity contribution in [2.75, 3.05) is 0 Å². The van der Waals surface area contributed by atoms with Gasteiger partial charge in [-0.3, -0.25) is 0 Å². The number of benzene rings is 2. The minimum Gasteiger partial charge on any atom is -0.399 e. The number of fused-ring (bicyclic) bond motifs is 3. The first-order chi connectivity index (χ1) is 15.2. The quantitative estimate of drug-likeness (QED) is 0.337. The largest absolute Gasteiger partial charge is 0.573 e. The fourth-order valence-electron chi connectivity index (χ4n) is 5.30. The van der Waals surface area contributed by atoms with Crippen LogP contribution in [0.4, 0.5) is 22.0 Å². The normalized spacial score (nSPS) is 20.8. The van der Waals surface area contributed by atoms with Crippen molar-refractivity contribution in [1.29, 1.82) is 0 Å². The third-order valence-corrected chi connectivity index (χ3v) is 6.83. The first-order valence-corrected chi connectivity index (χ1v) is 11.2. The summed E-state index contributed by atoms with van der Waals surface area (Å²) in [5.41, 5.74) is 5.79. The molecule has 0 fully saturated rings. The van der Waals surface area contributed by atoms with Crippen molar-refractivity contribution in [3.05, 3.63) is 75.9 Å². The van der Waals surface area contributed by atoms with Crippen molar-refractivity contribution in [3.8, 4) is 5.75 Å². The van der Waals surface area contributed by atoms with Crippen molar-refractivity contribution in [2.45, 2.75) is 70.6 Å². The van der Waals surface area contributed by atoms with Gasteiger partial charge in [0.2, 0.25) is 5.75 Å². The molecule has 1 nitrogen and oxygen atoms in total. The first-order valence-electron chi connectivity index (χ1n) is 11.2. The molecule has 32 heavy (non-hydrogen) atoms. The van der Waals surface area contributed by atoms with Gasteiger partial charge in [-0.15, -0.1) is 13.2 Å². The molecule has 2 aromatic rings. The minimum atomic E-state index is -5.14. The van der Waals surface area contributed by atoms with Gasteiger partial charge in [-0.05, 0) is 110 Å². The standard InChI is InChI=1S/C26H27F5O/c1-2-3-4-5-16-6-10-21-18(12-16)7-8-19-13-17(9-11-22(19)21)20-14-23(27)25(24(28)15-20)32-26(29,30)31/h2-3,7-8,14-17H,4-6,9-13H2,1H3. The van der Waals surface area contributed by atoms with Crippen molar-refractivity contribution < 1.29 is 26.7 Å². The Labute approximate surface area is 185 Å². The molecule has 0 heterocycles. The third kappa shape index (κ3) is 5.00. The Kier molecular flexibility index (Phi) is 6.59. The fraction of sp³-hybridized carbons (Fsp3) is 0.462. The summed E-state index contributed by atoms with van der Waals surface area (Å²) >= 11 is 0. The van der Waals surface area contributed by atoms with E-state index in [-0.39, 0.29) is 5.92 Å². The van der Waals surface area contributed by atoms with Crippen LogP contribution in [0.2, 0.25) is 0 Å². The van der Waals surface area contributed by atoms with Crippen LogP contribution in [0.5, 0.6) is 5.75 Å². The van der Waals surface area contributed by atoms with Gasteiger partial charge in [0.05, 0.1) is 0 Å². The summed E-state index contributed by atoms with van der Waals surface area (Å²) in [4.78, 5) is 0. The fourth-order valence-corrected chi connectivity index (χ4v) is 5.30. The number of hydrogen-bond donors (Lipinski definition) is 0. The zero-order chi connectivity index (χ0) is 22.9. The van der Waals surface area contributed by atoms with Gasteiger partial charge in [-0.1, -0.05) is 24.3 Å². The second kappa shape index (κ2) is 9.24. The lowest BCUT2D eigenvalue weighted by atomic mass is 9.73. The van der Waals surface area contributed by atoms with E-state index in [1.165, 1.54) is 35.1 Å². The van der Waals surface area contributed by atoms with E-state index in [0.29, 0.717) is 24.3 Å². The average Bonchev–Trinajstić information content (AvgIpc) is 2.75. The molecule has 0 saturated heterocycles. The highest BCUT2D eigenvalue weighted by atomic mass is 19.4. The Morgan fingerprint density at radius 3 is 2.22 bits per heavy atom. The molecule has 2 unspecified atom stereocenters. The maximum atomic E-state index is 14.2. The van der Waals surface area contributed by atoms with Crippen LogP contribution in [0.15, 0.2) is 36.4 Å². The van der Waals surface area contributed by atoms with Gasteiger partial charge >= 0.3 is 6.36 Å². The van der Waals surface area contributed by atoms with E-state index >= 15 is 0 Å². The number of hydrogen-bond acceptors (Lipinski definition) is 1. The topological polar surface area (TPSA) is 9.23 Å². The summed E-state index contributed by atoms with van der Waals surface area (Å²) in [6.45, 7) is 2.04. The maximum Gasteiger partial charge on any atom is 0.573 e. The maximum absolute atomic E-state index is 14.2. The smallest absolute Gasteiger partial charge is 0.399 e. The van der Waals surface area contributed by atoms with Gasteiger partial charge in [0, 0.05) is 0 Å². The van der Waals surface area contributed by atoms with Crippen LogP contribution in [-0.2, 0) is 25.7 Å². The molecule has 0 bridgehead atoms. The molecule has 0 radical (unpaired) electrons. The number of alkyl halides is 3. The summed E-state index contributed by atoms with van der Waals surface area (Å²) in [6, 6.07) is 6.28. The number of halogens is 5. The molecular formula is C26H27F5O. The minimum absolute atomic E-state index is 0.137. The summed E-state index contributed by atoms with van der Waals surface area (Å²) in [5, 5.41) is 0. The van der Waals surface area contributed by atoms with E-state index in [4.69, 9.17) is 0 Å². The Balaban J connectivity index is 1.51. The van der Waals surface area contributed by atoms with Crippen LogP contribution < -0.4 is 4.74 Å². The van der Waals surface area contributed by atoms with E-state index in [9.17, 15) is 22.0 Å². The molecule has 0 saturated carbocycles. The highest BCUT2D eigenvalue weighted by molar-refractivity contribution is 5.46. The van der Waals surface area contributed by atoms with E-state index in [1.807, 2.05) is 6.92 Å². The molecule has 2 atom stereocenters. The van der Waals surface area contributed by atoms with Gasteiger partial charge in [-0.25, -0.2) is 8.78 Å². The van der Waals surface area contributed by atoms with Gasteiger partial charge < -0.3 is 4.74 Å². The Hall–Kier alpha value is -2.37. The number of ether oxygens (including phenoxy) is 1. The lowest BCUT2D eigenvalue weighted by Gasteiger charge is -2.32. The van der Waals surface area contributed by atoms with E-state index in [2.05, 4.69) is 29.0 Å². The predicted molar refractivity (Wildman–Crippen MR) is 114 cm³/mol. The summed E-state index contributed by atoms with van der Waals surface area (Å²) in [7, 11) is 0. The van der Waals surface area contributed by atoms with E-state index < -0.39 is 23.7 Å². The summed E-state index contributed by atoms with van der Waals surface area (Å²) in [6.07, 6.45) is 7.00. The summed E-state index contributed by atoms with van der Waals surface area (Å²) < 4.78 is 69.1. The van der Waals surface area contributed by atoms with Crippen LogP contribution in [0.3, 0.4) is 0 Å². The van der Waals surface area contributed by atoms with Crippen molar-refractivity contribution in [2.24, 2.45) is 5.92 Å². The molecule has 0 spiro atoms. The van der Waals surface area contributed by atoms with Crippen LogP contribution in [0, 0.1) is 17.6 Å². The number of rotatable bonds is 5. The third-order valence-electron chi connectivity index (χ3n) is 6.83. The van der Waals surface area contributed by atoms with Gasteiger partial charge in [0.1, 0.15) is 0 Å². The molecular weight excluding hydrogens is 423 g/mol. The van der Waals surface area contributed by atoms with Crippen LogP contribution in [-0.4, -0.2) is 6.36 Å². The van der Waals surface area contributed by atoms with Crippen molar-refractivity contribution in [1.82, 2.24) is 0 Å². The van der Waals surface area contributed by atoms with Crippen molar-refractivity contribution >= 4 is 0 Å². The SMILES string of the molecule is CC=CCCC1CCc2c(ccc3c2CCC(c2cc(F)c(OC(F)(F)F)c(F)c2)C3)C1. The molecule has 0 N–H and O–H groups in total. The molecule has 0 aromatic heterocycles. The van der Waals surface area contributed by atoms with Gasteiger partial charge in [0.25, 0.3) is 0 Å². The molecule has 2 aliphatic carbocycles. The van der Waals surface area contributed by atoms with Gasteiger partial charge in [0.15, 0.2) is 11.6 Å². The molecule has 2 aliphatic rings. The predicted octanol–water partition coefficient (Wildman–Crippen LogP) is 7.60. The van der Waals surface area contributed by atoms with Gasteiger partial charge in [-0.2, -0.15) is 0 Å². The second-order valence-electron chi connectivity index (χ2n) is 8.90. The Morgan fingerprint density at radius 1 is 0.969 bits per heavy atom. The van der Waals surface area contributed by atoms with E-state index in [0.717, 1.165) is 37.8 Å². The molecule has 172 valence electrons. The van der Waals surface area contributed by atoms with Crippen molar-refractivity contribution in [3.63, 3.8) is 0 Å². The molecule has 4 rings (SSSR count).